The highest BCUT2D eigenvalue weighted by Gasteiger charge is 2.23. The zero-order valence-electron chi connectivity index (χ0n) is 12.3. The predicted octanol–water partition coefficient (Wildman–Crippen LogP) is 2.99. The number of anilines is 2. The Balaban J connectivity index is 1.71. The number of nitrogens with one attached hydrogen (secondary N) is 1. The van der Waals surface area contributed by atoms with Crippen molar-refractivity contribution in [3.8, 4) is 11.6 Å². The summed E-state index contributed by atoms with van der Waals surface area (Å²) in [4.78, 5) is 8.91. The molecule has 2 aromatic heterocycles. The van der Waals surface area contributed by atoms with Crippen LogP contribution in [0.25, 0.3) is 5.65 Å². The lowest BCUT2D eigenvalue weighted by atomic mass is 10.2. The van der Waals surface area contributed by atoms with E-state index in [1.54, 1.807) is 6.20 Å². The highest BCUT2D eigenvalue weighted by Crippen LogP contribution is 2.29. The third kappa shape index (κ3) is 2.43. The molecule has 0 saturated heterocycles. The Morgan fingerprint density at radius 3 is 3.00 bits per heavy atom. The number of hydrogen-bond acceptors (Lipinski definition) is 5. The van der Waals surface area contributed by atoms with E-state index in [2.05, 4.69) is 15.3 Å². The maximum Gasteiger partial charge on any atom is 0.238 e. The van der Waals surface area contributed by atoms with Crippen LogP contribution in [0, 0.1) is 6.92 Å². The van der Waals surface area contributed by atoms with Crippen LogP contribution in [0.4, 0.5) is 11.5 Å². The molecule has 112 valence electrons. The third-order valence-electron chi connectivity index (χ3n) is 3.68. The van der Waals surface area contributed by atoms with Gasteiger partial charge in [-0.05, 0) is 43.5 Å². The first kappa shape index (κ1) is 12.9. The molecule has 22 heavy (non-hydrogen) atoms. The van der Waals surface area contributed by atoms with Gasteiger partial charge in [0.25, 0.3) is 0 Å². The molecule has 0 radical (unpaired) electrons. The number of imidazole rings is 1. The van der Waals surface area contributed by atoms with Gasteiger partial charge in [0.15, 0.2) is 11.5 Å². The summed E-state index contributed by atoms with van der Waals surface area (Å²) >= 11 is 0. The molecule has 6 nitrogen and oxygen atoms in total. The largest absolute Gasteiger partial charge is 0.437 e. The topological polar surface area (TPSA) is 77.5 Å². The summed E-state index contributed by atoms with van der Waals surface area (Å²) in [6.45, 7) is 1.96. The van der Waals surface area contributed by atoms with E-state index in [1.165, 1.54) is 12.8 Å². The van der Waals surface area contributed by atoms with E-state index in [-0.39, 0.29) is 0 Å². The first-order chi connectivity index (χ1) is 10.7. The molecule has 0 bridgehead atoms. The van der Waals surface area contributed by atoms with Crippen molar-refractivity contribution in [1.82, 2.24) is 14.4 Å². The third-order valence-corrected chi connectivity index (χ3v) is 3.68. The lowest BCUT2D eigenvalue weighted by molar-refractivity contribution is 0.457. The second-order valence-electron chi connectivity index (χ2n) is 5.63. The molecule has 0 amide bonds. The standard InChI is InChI=1S/C16H17N5O/c1-10-8-11(17)2-5-13(10)22-14-9-21-7-6-18-16(21)15(20-14)19-12-3-4-12/h2,5-9,12H,3-4,17H2,1H3,(H,19,20). The van der Waals surface area contributed by atoms with Crippen LogP contribution in [0.5, 0.6) is 11.6 Å². The van der Waals surface area contributed by atoms with Crippen LogP contribution in [0.2, 0.25) is 0 Å². The molecule has 0 atom stereocenters. The van der Waals surface area contributed by atoms with Gasteiger partial charge in [-0.25, -0.2) is 4.98 Å². The average molecular weight is 295 g/mol. The summed E-state index contributed by atoms with van der Waals surface area (Å²) in [7, 11) is 0. The summed E-state index contributed by atoms with van der Waals surface area (Å²) in [5.41, 5.74) is 8.28. The molecule has 0 spiro atoms. The van der Waals surface area contributed by atoms with Gasteiger partial charge in [0.05, 0.1) is 6.20 Å². The van der Waals surface area contributed by atoms with E-state index >= 15 is 0 Å². The number of nitrogens with two attached hydrogens (primary N) is 1. The highest BCUT2D eigenvalue weighted by atomic mass is 16.5. The normalized spacial score (nSPS) is 14.2. The SMILES string of the molecule is Cc1cc(N)ccc1Oc1cn2ccnc2c(NC2CC2)n1. The fourth-order valence-corrected chi connectivity index (χ4v) is 2.38. The molecule has 2 heterocycles. The van der Waals surface area contributed by atoms with Gasteiger partial charge in [-0.3, -0.25) is 4.40 Å². The second kappa shape index (κ2) is 4.91. The molecule has 0 unspecified atom stereocenters. The summed E-state index contributed by atoms with van der Waals surface area (Å²) < 4.78 is 7.85. The lowest BCUT2D eigenvalue weighted by Gasteiger charge is -2.11. The lowest BCUT2D eigenvalue weighted by Crippen LogP contribution is -2.06. The van der Waals surface area contributed by atoms with Crippen molar-refractivity contribution in [3.63, 3.8) is 0 Å². The second-order valence-corrected chi connectivity index (χ2v) is 5.63. The molecular weight excluding hydrogens is 278 g/mol. The summed E-state index contributed by atoms with van der Waals surface area (Å²) in [6.07, 6.45) is 7.83. The summed E-state index contributed by atoms with van der Waals surface area (Å²) in [5, 5.41) is 3.40. The Morgan fingerprint density at radius 2 is 2.23 bits per heavy atom. The average Bonchev–Trinajstić information content (AvgIpc) is 3.16. The number of aryl methyl sites for hydroxylation is 1. The quantitative estimate of drug-likeness (QED) is 0.723. The maximum absolute atomic E-state index is 5.93. The van der Waals surface area contributed by atoms with Crippen molar-refractivity contribution >= 4 is 17.2 Å². The Kier molecular flexibility index (Phi) is 2.89. The molecule has 3 aromatic rings. The maximum atomic E-state index is 5.93. The number of benzene rings is 1. The van der Waals surface area contributed by atoms with Gasteiger partial charge in [-0.15, -0.1) is 0 Å². The Morgan fingerprint density at radius 1 is 1.36 bits per heavy atom. The number of hydrogen-bond donors (Lipinski definition) is 2. The monoisotopic (exact) mass is 295 g/mol. The fourth-order valence-electron chi connectivity index (χ4n) is 2.38. The first-order valence-corrected chi connectivity index (χ1v) is 7.33. The van der Waals surface area contributed by atoms with Gasteiger partial charge in [0.2, 0.25) is 5.88 Å². The van der Waals surface area contributed by atoms with Crippen molar-refractivity contribution in [2.24, 2.45) is 0 Å². The minimum atomic E-state index is 0.501. The van der Waals surface area contributed by atoms with Gasteiger partial charge >= 0.3 is 0 Å². The van der Waals surface area contributed by atoms with Gasteiger partial charge in [-0.2, -0.15) is 4.98 Å². The highest BCUT2D eigenvalue weighted by molar-refractivity contribution is 5.64. The molecule has 0 aliphatic heterocycles. The van der Waals surface area contributed by atoms with Crippen LogP contribution in [-0.4, -0.2) is 20.4 Å². The van der Waals surface area contributed by atoms with Crippen molar-refractivity contribution in [1.29, 1.82) is 0 Å². The number of ether oxygens (including phenoxy) is 1. The van der Waals surface area contributed by atoms with Gasteiger partial charge in [-0.1, -0.05) is 0 Å². The molecule has 4 rings (SSSR count). The predicted molar refractivity (Wildman–Crippen MR) is 85.3 cm³/mol. The van der Waals surface area contributed by atoms with E-state index in [9.17, 15) is 0 Å². The molecule has 1 aliphatic carbocycles. The number of nitrogens with zero attached hydrogens (tertiary/aromatic N) is 3. The van der Waals surface area contributed by atoms with Crippen LogP contribution in [-0.2, 0) is 0 Å². The Labute approximate surface area is 128 Å². The molecular formula is C16H17N5O. The smallest absolute Gasteiger partial charge is 0.238 e. The van der Waals surface area contributed by atoms with Crippen molar-refractivity contribution in [2.75, 3.05) is 11.1 Å². The molecule has 3 N–H and O–H groups in total. The van der Waals surface area contributed by atoms with Crippen LogP contribution >= 0.6 is 0 Å². The number of fused-ring (bicyclic) bond motifs is 1. The number of nitrogen functional groups attached to an aromatic ring is 1. The van der Waals surface area contributed by atoms with Crippen molar-refractivity contribution < 1.29 is 4.74 Å². The van der Waals surface area contributed by atoms with Gasteiger partial charge in [0, 0.05) is 24.1 Å². The zero-order valence-corrected chi connectivity index (χ0v) is 12.3. The minimum absolute atomic E-state index is 0.501. The molecule has 6 heteroatoms. The van der Waals surface area contributed by atoms with E-state index < -0.39 is 0 Å². The molecule has 1 saturated carbocycles. The number of rotatable bonds is 4. The van der Waals surface area contributed by atoms with Crippen molar-refractivity contribution in [3.05, 3.63) is 42.4 Å². The van der Waals surface area contributed by atoms with Crippen LogP contribution < -0.4 is 15.8 Å². The van der Waals surface area contributed by atoms with E-state index in [0.717, 1.165) is 28.5 Å². The van der Waals surface area contributed by atoms with Gasteiger partial charge in [0.1, 0.15) is 5.75 Å². The van der Waals surface area contributed by atoms with Gasteiger partial charge < -0.3 is 15.8 Å². The minimum Gasteiger partial charge on any atom is -0.437 e. The van der Waals surface area contributed by atoms with E-state index in [0.29, 0.717) is 11.9 Å². The summed E-state index contributed by atoms with van der Waals surface area (Å²) in [6, 6.07) is 6.07. The zero-order chi connectivity index (χ0) is 15.1. The molecule has 1 aliphatic rings. The molecule has 1 fully saturated rings. The summed E-state index contributed by atoms with van der Waals surface area (Å²) in [5.74, 6) is 2.04. The fraction of sp³-hybridized carbons (Fsp3) is 0.250. The Bertz CT molecular complexity index is 838. The van der Waals surface area contributed by atoms with Crippen molar-refractivity contribution in [2.45, 2.75) is 25.8 Å². The van der Waals surface area contributed by atoms with Crippen LogP contribution in [0.3, 0.4) is 0 Å². The van der Waals surface area contributed by atoms with E-state index in [1.807, 2.05) is 41.9 Å². The Hall–Kier alpha value is -2.76. The molecule has 1 aromatic carbocycles. The van der Waals surface area contributed by atoms with Crippen LogP contribution in [0.15, 0.2) is 36.8 Å². The number of aromatic nitrogens is 3. The van der Waals surface area contributed by atoms with E-state index in [4.69, 9.17) is 10.5 Å². The van der Waals surface area contributed by atoms with Crippen LogP contribution in [0.1, 0.15) is 18.4 Å². The first-order valence-electron chi connectivity index (χ1n) is 7.33.